The number of aromatic nitrogens is 5. The van der Waals surface area contributed by atoms with Crippen LogP contribution in [0.3, 0.4) is 0 Å². The standard InChI is InChI=1S/C30H39N7O4/c1-39-24-14-22(15-25(40-2)27(24)41-3)36-17-26(31-19-36)32-28-23-11-13-35(16-20-8-5-4-6-9-20)29(23)34-30(33-28)37-12-7-10-21(37)18-38/h11,13-15,17,19-21,38H,4-10,12,16,18H2,1-3H3,(H,32,33,34). The van der Waals surface area contributed by atoms with E-state index in [1.54, 1.807) is 27.7 Å². The minimum atomic E-state index is 0.0290. The van der Waals surface area contributed by atoms with Crippen LogP contribution in [-0.2, 0) is 6.54 Å². The van der Waals surface area contributed by atoms with Gasteiger partial charge in [0.2, 0.25) is 11.7 Å². The molecule has 1 saturated heterocycles. The van der Waals surface area contributed by atoms with Crippen molar-refractivity contribution in [3.8, 4) is 22.9 Å². The van der Waals surface area contributed by atoms with Gasteiger partial charge in [0.15, 0.2) is 11.5 Å². The summed E-state index contributed by atoms with van der Waals surface area (Å²) in [4.78, 5) is 16.8. The van der Waals surface area contributed by atoms with Crippen molar-refractivity contribution >= 4 is 28.6 Å². The van der Waals surface area contributed by atoms with Gasteiger partial charge >= 0.3 is 0 Å². The molecule has 3 aromatic heterocycles. The second-order valence-corrected chi connectivity index (χ2v) is 10.9. The molecule has 1 aliphatic heterocycles. The van der Waals surface area contributed by atoms with E-state index in [4.69, 9.17) is 24.2 Å². The molecular weight excluding hydrogens is 522 g/mol. The zero-order chi connectivity index (χ0) is 28.3. The summed E-state index contributed by atoms with van der Waals surface area (Å²) in [5.74, 6) is 4.32. The lowest BCUT2D eigenvalue weighted by atomic mass is 9.89. The van der Waals surface area contributed by atoms with Crippen molar-refractivity contribution in [3.05, 3.63) is 36.9 Å². The van der Waals surface area contributed by atoms with Crippen LogP contribution in [0.4, 0.5) is 17.6 Å². The van der Waals surface area contributed by atoms with E-state index in [9.17, 15) is 5.11 Å². The molecule has 4 heterocycles. The van der Waals surface area contributed by atoms with Gasteiger partial charge in [0.25, 0.3) is 0 Å². The third kappa shape index (κ3) is 5.38. The summed E-state index contributed by atoms with van der Waals surface area (Å²) >= 11 is 0. The number of hydrogen-bond acceptors (Lipinski definition) is 9. The van der Waals surface area contributed by atoms with Crippen LogP contribution in [0.1, 0.15) is 44.9 Å². The summed E-state index contributed by atoms with van der Waals surface area (Å²) in [5.41, 5.74) is 1.73. The largest absolute Gasteiger partial charge is 0.493 e. The second-order valence-electron chi connectivity index (χ2n) is 10.9. The maximum atomic E-state index is 10.0. The van der Waals surface area contributed by atoms with Crippen LogP contribution in [0.15, 0.2) is 36.9 Å². The van der Waals surface area contributed by atoms with E-state index in [0.29, 0.717) is 40.8 Å². The number of aliphatic hydroxyl groups is 1. The van der Waals surface area contributed by atoms with E-state index in [-0.39, 0.29) is 12.6 Å². The molecule has 11 nitrogen and oxygen atoms in total. The Hall–Kier alpha value is -3.99. The van der Waals surface area contributed by atoms with Crippen molar-refractivity contribution in [2.75, 3.05) is 44.7 Å². The molecule has 1 atom stereocenters. The highest BCUT2D eigenvalue weighted by Gasteiger charge is 2.28. The Morgan fingerprint density at radius 2 is 1.76 bits per heavy atom. The molecule has 0 radical (unpaired) electrons. The molecule has 1 aromatic carbocycles. The third-order valence-electron chi connectivity index (χ3n) is 8.41. The van der Waals surface area contributed by atoms with Crippen molar-refractivity contribution in [2.24, 2.45) is 5.92 Å². The SMILES string of the molecule is COc1cc(-n2cnc(Nc3nc(N4CCCC4CO)nc4c3ccn4CC3CCCCC3)c2)cc(OC)c1OC. The third-order valence-corrected chi connectivity index (χ3v) is 8.41. The molecule has 0 bridgehead atoms. The van der Waals surface area contributed by atoms with Gasteiger partial charge in [-0.15, -0.1) is 0 Å². The van der Waals surface area contributed by atoms with Gasteiger partial charge in [0, 0.05) is 31.4 Å². The predicted octanol–water partition coefficient (Wildman–Crippen LogP) is 4.93. The van der Waals surface area contributed by atoms with Crippen molar-refractivity contribution < 1.29 is 19.3 Å². The highest BCUT2D eigenvalue weighted by atomic mass is 16.5. The maximum Gasteiger partial charge on any atom is 0.229 e. The number of benzene rings is 1. The number of ether oxygens (including phenoxy) is 3. The fourth-order valence-electron chi connectivity index (χ4n) is 6.23. The molecule has 2 fully saturated rings. The van der Waals surface area contributed by atoms with Crippen LogP contribution in [0.2, 0.25) is 0 Å². The number of imidazole rings is 1. The lowest BCUT2D eigenvalue weighted by Crippen LogP contribution is -2.33. The minimum absolute atomic E-state index is 0.0290. The molecule has 6 rings (SSSR count). The molecule has 41 heavy (non-hydrogen) atoms. The van der Waals surface area contributed by atoms with Gasteiger partial charge in [-0.3, -0.25) is 0 Å². The van der Waals surface area contributed by atoms with Crippen LogP contribution in [-0.4, -0.2) is 69.7 Å². The molecule has 0 spiro atoms. The van der Waals surface area contributed by atoms with Crippen molar-refractivity contribution in [1.29, 1.82) is 0 Å². The zero-order valence-corrected chi connectivity index (χ0v) is 24.0. The van der Waals surface area contributed by atoms with Gasteiger partial charge in [-0.25, -0.2) is 4.98 Å². The summed E-state index contributed by atoms with van der Waals surface area (Å²) in [7, 11) is 4.79. The molecule has 2 aliphatic rings. The number of hydrogen-bond donors (Lipinski definition) is 2. The first kappa shape index (κ1) is 27.2. The smallest absolute Gasteiger partial charge is 0.229 e. The highest BCUT2D eigenvalue weighted by molar-refractivity contribution is 5.90. The van der Waals surface area contributed by atoms with Crippen LogP contribution in [0, 0.1) is 5.92 Å². The van der Waals surface area contributed by atoms with E-state index < -0.39 is 0 Å². The fourth-order valence-corrected chi connectivity index (χ4v) is 6.23. The molecular formula is C30H39N7O4. The minimum Gasteiger partial charge on any atom is -0.493 e. The number of nitrogens with one attached hydrogen (secondary N) is 1. The Kier molecular flexibility index (Phi) is 7.86. The summed E-state index contributed by atoms with van der Waals surface area (Å²) < 4.78 is 20.7. The lowest BCUT2D eigenvalue weighted by molar-refractivity contribution is 0.265. The number of aliphatic hydroxyl groups excluding tert-OH is 1. The van der Waals surface area contributed by atoms with Crippen LogP contribution in [0.5, 0.6) is 17.2 Å². The van der Waals surface area contributed by atoms with Crippen molar-refractivity contribution in [1.82, 2.24) is 24.1 Å². The molecule has 4 aromatic rings. The molecule has 2 N–H and O–H groups in total. The highest BCUT2D eigenvalue weighted by Crippen LogP contribution is 2.39. The average molecular weight is 562 g/mol. The normalized spacial score (nSPS) is 17.8. The topological polar surface area (TPSA) is 112 Å². The zero-order valence-electron chi connectivity index (χ0n) is 24.0. The Morgan fingerprint density at radius 3 is 2.46 bits per heavy atom. The average Bonchev–Trinajstić information content (AvgIpc) is 3.77. The molecule has 218 valence electrons. The number of fused-ring (bicyclic) bond motifs is 1. The Bertz CT molecular complexity index is 1470. The Morgan fingerprint density at radius 1 is 0.976 bits per heavy atom. The van der Waals surface area contributed by atoms with Crippen molar-refractivity contribution in [3.63, 3.8) is 0 Å². The van der Waals surface area contributed by atoms with Gasteiger partial charge in [-0.05, 0) is 37.7 Å². The second kappa shape index (κ2) is 11.9. The lowest BCUT2D eigenvalue weighted by Gasteiger charge is -2.24. The summed E-state index contributed by atoms with van der Waals surface area (Å²) in [5, 5.41) is 14.4. The molecule has 1 aliphatic carbocycles. The van der Waals surface area contributed by atoms with Gasteiger partial charge in [0.1, 0.15) is 23.6 Å². The van der Waals surface area contributed by atoms with E-state index >= 15 is 0 Å². The number of rotatable bonds is 10. The van der Waals surface area contributed by atoms with Gasteiger partial charge in [-0.2, -0.15) is 9.97 Å². The summed E-state index contributed by atoms with van der Waals surface area (Å²) in [6, 6.07) is 5.87. The first-order chi connectivity index (χ1) is 20.1. The first-order valence-corrected chi connectivity index (χ1v) is 14.5. The number of anilines is 3. The maximum absolute atomic E-state index is 10.0. The number of nitrogens with zero attached hydrogens (tertiary/aromatic N) is 6. The van der Waals surface area contributed by atoms with E-state index in [2.05, 4.69) is 32.0 Å². The van der Waals surface area contributed by atoms with E-state index in [0.717, 1.165) is 42.7 Å². The summed E-state index contributed by atoms with van der Waals surface area (Å²) in [6.45, 7) is 1.88. The predicted molar refractivity (Wildman–Crippen MR) is 158 cm³/mol. The molecule has 1 unspecified atom stereocenters. The van der Waals surface area contributed by atoms with Crippen LogP contribution < -0.4 is 24.4 Å². The van der Waals surface area contributed by atoms with Gasteiger partial charge in [0.05, 0.1) is 51.2 Å². The Labute approximate surface area is 240 Å². The molecule has 11 heteroatoms. The monoisotopic (exact) mass is 561 g/mol. The first-order valence-electron chi connectivity index (χ1n) is 14.5. The van der Waals surface area contributed by atoms with Crippen molar-refractivity contribution in [2.45, 2.75) is 57.5 Å². The van der Waals surface area contributed by atoms with E-state index in [1.165, 1.54) is 32.1 Å². The van der Waals surface area contributed by atoms with Crippen LogP contribution >= 0.6 is 0 Å². The fraction of sp³-hybridized carbons (Fsp3) is 0.500. The molecule has 1 saturated carbocycles. The van der Waals surface area contributed by atoms with Gasteiger partial charge in [-0.1, -0.05) is 19.3 Å². The molecule has 0 amide bonds. The summed E-state index contributed by atoms with van der Waals surface area (Å²) in [6.07, 6.45) is 14.2. The van der Waals surface area contributed by atoms with Gasteiger partial charge < -0.3 is 38.7 Å². The Balaban J connectivity index is 1.35. The van der Waals surface area contributed by atoms with Crippen LogP contribution in [0.25, 0.3) is 16.7 Å². The quantitative estimate of drug-likeness (QED) is 0.278. The number of methoxy groups -OCH3 is 3. The van der Waals surface area contributed by atoms with E-state index in [1.807, 2.05) is 22.9 Å².